The Labute approximate surface area is 141 Å². The van der Waals surface area contributed by atoms with E-state index in [0.717, 1.165) is 12.1 Å². The Morgan fingerprint density at radius 1 is 1.30 bits per heavy atom. The highest BCUT2D eigenvalue weighted by molar-refractivity contribution is 6.42. The molecule has 7 nitrogen and oxygen atoms in total. The van der Waals surface area contributed by atoms with Crippen molar-refractivity contribution in [2.24, 2.45) is 5.92 Å². The van der Waals surface area contributed by atoms with Crippen LogP contribution >= 0.6 is 23.2 Å². The van der Waals surface area contributed by atoms with Gasteiger partial charge in [0.2, 0.25) is 5.91 Å². The molecule has 0 bridgehead atoms. The summed E-state index contributed by atoms with van der Waals surface area (Å²) in [5.74, 6) is -3.96. The number of nitro benzene ring substituents is 1. The Kier molecular flexibility index (Phi) is 4.45. The second-order valence-corrected chi connectivity index (χ2v) is 6.67. The van der Waals surface area contributed by atoms with Gasteiger partial charge in [-0.15, -0.1) is 0 Å². The average Bonchev–Trinajstić information content (AvgIpc) is 2.38. The summed E-state index contributed by atoms with van der Waals surface area (Å²) in [7, 11) is 0. The maximum Gasteiger partial charge on any atom is 0.281 e. The summed E-state index contributed by atoms with van der Waals surface area (Å²) in [6.45, 7) is 3.29. The number of amides is 1. The third-order valence-electron chi connectivity index (χ3n) is 3.42. The fourth-order valence-corrected chi connectivity index (χ4v) is 2.76. The topological polar surface area (TPSA) is 106 Å². The summed E-state index contributed by atoms with van der Waals surface area (Å²) in [5, 5.41) is 13.5. The maximum atomic E-state index is 12.5. The van der Waals surface area contributed by atoms with Gasteiger partial charge in [-0.2, -0.15) is 0 Å². The Hall–Kier alpha value is -1.99. The summed E-state index contributed by atoms with van der Waals surface area (Å²) in [6.07, 6.45) is -0.0513. The fraction of sp³-hybridized carbons (Fsp3) is 0.357. The lowest BCUT2D eigenvalue weighted by atomic mass is 9.81. The van der Waals surface area contributed by atoms with E-state index >= 15 is 0 Å². The first-order valence-electron chi connectivity index (χ1n) is 6.56. The number of benzene rings is 1. The van der Waals surface area contributed by atoms with Crippen molar-refractivity contribution in [2.45, 2.75) is 25.8 Å². The number of Topliss-reactive ketones (excluding diaryl/α,β-unsaturated/α-hetero) is 2. The average molecular weight is 359 g/mol. The van der Waals surface area contributed by atoms with Crippen LogP contribution in [0.3, 0.4) is 0 Å². The molecule has 1 amide bonds. The molecule has 0 aromatic heterocycles. The van der Waals surface area contributed by atoms with Gasteiger partial charge < -0.3 is 5.32 Å². The molecule has 1 heterocycles. The summed E-state index contributed by atoms with van der Waals surface area (Å²) >= 11 is 11.5. The zero-order valence-corrected chi connectivity index (χ0v) is 13.7. The molecular weight excluding hydrogens is 347 g/mol. The highest BCUT2D eigenvalue weighted by Gasteiger charge is 2.45. The number of hydrogen-bond acceptors (Lipinski definition) is 5. The Morgan fingerprint density at radius 3 is 2.39 bits per heavy atom. The molecule has 122 valence electrons. The number of piperidine rings is 1. The molecule has 23 heavy (non-hydrogen) atoms. The molecular formula is C14H12Cl2N2O5. The minimum Gasteiger partial charge on any atom is -0.350 e. The van der Waals surface area contributed by atoms with Crippen molar-refractivity contribution in [1.82, 2.24) is 5.32 Å². The molecule has 1 aromatic rings. The summed E-state index contributed by atoms with van der Waals surface area (Å²) in [4.78, 5) is 47.1. The first-order valence-corrected chi connectivity index (χ1v) is 7.31. The lowest BCUT2D eigenvalue weighted by molar-refractivity contribution is -0.385. The van der Waals surface area contributed by atoms with Gasteiger partial charge in [0.25, 0.3) is 5.69 Å². The van der Waals surface area contributed by atoms with E-state index in [1.165, 1.54) is 0 Å². The van der Waals surface area contributed by atoms with Crippen LogP contribution in [0.2, 0.25) is 10.0 Å². The normalized spacial score (nSPS) is 20.1. The summed E-state index contributed by atoms with van der Waals surface area (Å²) in [5.41, 5.74) is -1.79. The zero-order chi connectivity index (χ0) is 17.5. The molecule has 2 rings (SSSR count). The molecule has 9 heteroatoms. The van der Waals surface area contributed by atoms with Crippen molar-refractivity contribution >= 4 is 46.4 Å². The molecule has 1 atom stereocenters. The van der Waals surface area contributed by atoms with E-state index in [9.17, 15) is 24.5 Å². The maximum absolute atomic E-state index is 12.5. The highest BCUT2D eigenvalue weighted by atomic mass is 35.5. The van der Waals surface area contributed by atoms with Crippen molar-refractivity contribution in [3.05, 3.63) is 37.9 Å². The lowest BCUT2D eigenvalue weighted by Crippen LogP contribution is -2.56. The monoisotopic (exact) mass is 358 g/mol. The Morgan fingerprint density at radius 2 is 1.87 bits per heavy atom. The van der Waals surface area contributed by atoms with Crippen LogP contribution in [-0.4, -0.2) is 27.9 Å². The van der Waals surface area contributed by atoms with Gasteiger partial charge in [-0.3, -0.25) is 24.5 Å². The zero-order valence-electron chi connectivity index (χ0n) is 12.2. The molecule has 0 saturated carbocycles. The first kappa shape index (κ1) is 17.4. The van der Waals surface area contributed by atoms with Crippen molar-refractivity contribution in [3.63, 3.8) is 0 Å². The molecule has 1 aliphatic rings. The predicted octanol–water partition coefficient (Wildman–Crippen LogP) is 2.57. The van der Waals surface area contributed by atoms with Crippen LogP contribution in [0.4, 0.5) is 5.69 Å². The number of carbonyl (C=O) groups is 3. The first-order chi connectivity index (χ1) is 10.5. The van der Waals surface area contributed by atoms with Crippen molar-refractivity contribution in [2.75, 3.05) is 0 Å². The van der Waals surface area contributed by atoms with E-state index in [1.54, 1.807) is 13.8 Å². The van der Waals surface area contributed by atoms with Gasteiger partial charge in [0.15, 0.2) is 17.5 Å². The molecule has 0 radical (unpaired) electrons. The smallest absolute Gasteiger partial charge is 0.281 e. The number of halogens is 2. The fourth-order valence-electron chi connectivity index (χ4n) is 2.44. The number of nitro groups is 1. The molecule has 0 spiro atoms. The van der Waals surface area contributed by atoms with Crippen molar-refractivity contribution < 1.29 is 19.3 Å². The van der Waals surface area contributed by atoms with E-state index in [1.807, 2.05) is 0 Å². The highest BCUT2D eigenvalue weighted by Crippen LogP contribution is 2.33. The van der Waals surface area contributed by atoms with Gasteiger partial charge in [-0.25, -0.2) is 0 Å². The molecule has 1 N–H and O–H groups in total. The van der Waals surface area contributed by atoms with E-state index in [-0.39, 0.29) is 16.5 Å². The number of hydrogen-bond donors (Lipinski definition) is 1. The van der Waals surface area contributed by atoms with E-state index < -0.39 is 45.1 Å². The van der Waals surface area contributed by atoms with Crippen LogP contribution in [-0.2, 0) is 9.59 Å². The second kappa shape index (κ2) is 5.90. The molecule has 1 fully saturated rings. The van der Waals surface area contributed by atoms with Gasteiger partial charge >= 0.3 is 0 Å². The molecule has 1 saturated heterocycles. The minimum atomic E-state index is -1.63. The van der Waals surface area contributed by atoms with Gasteiger partial charge in [0.05, 0.1) is 20.5 Å². The van der Waals surface area contributed by atoms with Crippen molar-refractivity contribution in [1.29, 1.82) is 0 Å². The van der Waals surface area contributed by atoms with Gasteiger partial charge in [-0.1, -0.05) is 23.2 Å². The number of rotatable bonds is 3. The van der Waals surface area contributed by atoms with Crippen LogP contribution in [0, 0.1) is 16.0 Å². The van der Waals surface area contributed by atoms with E-state index in [0.29, 0.717) is 0 Å². The molecule has 0 aliphatic carbocycles. The van der Waals surface area contributed by atoms with Crippen LogP contribution in [0.15, 0.2) is 12.1 Å². The standard InChI is InChI=1S/C14H12Cl2N2O5/c1-14(2)5-10(19)11(13(21)17-14)12(20)6-3-7(15)8(16)4-9(6)18(22)23/h3-4,11H,5H2,1-2H3,(H,17,21). The number of nitrogens with zero attached hydrogens (tertiary/aromatic N) is 1. The van der Waals surface area contributed by atoms with Crippen LogP contribution in [0.5, 0.6) is 0 Å². The van der Waals surface area contributed by atoms with E-state index in [4.69, 9.17) is 23.2 Å². The quantitative estimate of drug-likeness (QED) is 0.386. The van der Waals surface area contributed by atoms with Crippen LogP contribution in [0.25, 0.3) is 0 Å². The predicted molar refractivity (Wildman–Crippen MR) is 82.8 cm³/mol. The summed E-state index contributed by atoms with van der Waals surface area (Å²) in [6, 6.07) is 1.93. The number of ketones is 2. The Balaban J connectivity index is 2.49. The lowest BCUT2D eigenvalue weighted by Gasteiger charge is -2.33. The third-order valence-corrected chi connectivity index (χ3v) is 4.15. The second-order valence-electron chi connectivity index (χ2n) is 5.85. The third kappa shape index (κ3) is 3.35. The molecule has 1 aliphatic heterocycles. The number of nitrogens with one attached hydrogen (secondary N) is 1. The van der Waals surface area contributed by atoms with Gasteiger partial charge in [-0.05, 0) is 19.9 Å². The van der Waals surface area contributed by atoms with Crippen LogP contribution < -0.4 is 5.32 Å². The largest absolute Gasteiger partial charge is 0.350 e. The molecule has 1 aromatic carbocycles. The van der Waals surface area contributed by atoms with Gasteiger partial charge in [0.1, 0.15) is 0 Å². The molecule has 1 unspecified atom stereocenters. The minimum absolute atomic E-state index is 0.0513. The van der Waals surface area contributed by atoms with E-state index in [2.05, 4.69) is 5.32 Å². The van der Waals surface area contributed by atoms with Crippen LogP contribution in [0.1, 0.15) is 30.6 Å². The Bertz CT molecular complexity index is 725. The number of carbonyl (C=O) groups excluding carboxylic acids is 3. The summed E-state index contributed by atoms with van der Waals surface area (Å²) < 4.78 is 0. The van der Waals surface area contributed by atoms with Gasteiger partial charge in [0, 0.05) is 18.0 Å². The van der Waals surface area contributed by atoms with Crippen molar-refractivity contribution in [3.8, 4) is 0 Å². The SMILES string of the molecule is CC1(C)CC(=O)C(C(=O)c2cc(Cl)c(Cl)cc2[N+](=O)[O-])C(=O)N1.